The van der Waals surface area contributed by atoms with Crippen LogP contribution in [0.25, 0.3) is 0 Å². The van der Waals surface area contributed by atoms with Gasteiger partial charge in [0.1, 0.15) is 11.6 Å². The van der Waals surface area contributed by atoms with Crippen molar-refractivity contribution < 1.29 is 27.9 Å². The minimum absolute atomic E-state index is 0.00422. The Hall–Kier alpha value is -3.76. The van der Waals surface area contributed by atoms with Gasteiger partial charge in [-0.25, -0.2) is 18.2 Å². The van der Waals surface area contributed by atoms with Gasteiger partial charge in [-0.1, -0.05) is 17.7 Å². The number of ether oxygens (including phenoxy) is 1. The lowest BCUT2D eigenvalue weighted by molar-refractivity contribution is 0.0696. The summed E-state index contributed by atoms with van der Waals surface area (Å²) in [7, 11) is -2.28. The number of hydrogen-bond donors (Lipinski definition) is 2. The van der Waals surface area contributed by atoms with Crippen LogP contribution in [0.2, 0.25) is 0 Å². The fraction of sp³-hybridized carbons (Fsp3) is 0.240. The van der Waals surface area contributed by atoms with Gasteiger partial charge in [0, 0.05) is 25.4 Å². The number of carbonyl (C=O) groups is 2. The van der Waals surface area contributed by atoms with Gasteiger partial charge in [0.25, 0.3) is 5.91 Å². The van der Waals surface area contributed by atoms with Crippen LogP contribution in [0.3, 0.4) is 0 Å². The van der Waals surface area contributed by atoms with Crippen molar-refractivity contribution in [1.29, 1.82) is 0 Å². The number of nitrogens with one attached hydrogen (secondary N) is 1. The molecule has 0 spiro atoms. The number of amides is 1. The number of pyridine rings is 1. The lowest BCUT2D eigenvalue weighted by Crippen LogP contribution is -2.26. The fourth-order valence-corrected chi connectivity index (χ4v) is 4.40. The number of aromatic nitrogens is 1. The topological polar surface area (TPSA) is 126 Å². The standard InChI is InChI=1S/C25H27N3O6S/c1-16(2)34-21-12-18(15-28(4)35(32,33)22-8-5-17(3)6-9-22)11-20(13-21)24(29)27-23-10-7-19(14-26-23)25(30)31/h5-14,16H,15H2,1-4H3,(H,30,31)(H,26,27,29). The van der Waals surface area contributed by atoms with E-state index < -0.39 is 21.9 Å². The molecule has 1 amide bonds. The van der Waals surface area contributed by atoms with Crippen LogP contribution >= 0.6 is 0 Å². The average molecular weight is 498 g/mol. The molecule has 0 aliphatic carbocycles. The second-order valence-corrected chi connectivity index (χ2v) is 10.3. The normalized spacial score (nSPS) is 11.5. The fourth-order valence-electron chi connectivity index (χ4n) is 3.24. The molecule has 184 valence electrons. The Bertz CT molecular complexity index is 1320. The number of aryl methyl sites for hydroxylation is 1. The summed E-state index contributed by atoms with van der Waals surface area (Å²) in [5.41, 5.74) is 1.74. The van der Waals surface area contributed by atoms with Gasteiger partial charge in [-0.05, 0) is 68.8 Å². The SMILES string of the molecule is Cc1ccc(S(=O)(=O)N(C)Cc2cc(OC(C)C)cc(C(=O)Nc3ccc(C(=O)O)cn3)c2)cc1. The summed E-state index contributed by atoms with van der Waals surface area (Å²) in [6.45, 7) is 5.57. The second-order valence-electron chi connectivity index (χ2n) is 8.30. The van der Waals surface area contributed by atoms with Crippen molar-refractivity contribution in [3.05, 3.63) is 83.0 Å². The Balaban J connectivity index is 1.86. The van der Waals surface area contributed by atoms with Crippen molar-refractivity contribution in [3.8, 4) is 5.75 Å². The van der Waals surface area contributed by atoms with E-state index in [9.17, 15) is 18.0 Å². The molecule has 1 aromatic heterocycles. The quantitative estimate of drug-likeness (QED) is 0.458. The number of aromatic carboxylic acids is 1. The van der Waals surface area contributed by atoms with E-state index in [-0.39, 0.29) is 34.5 Å². The number of rotatable bonds is 9. The summed E-state index contributed by atoms with van der Waals surface area (Å²) < 4.78 is 33.0. The third-order valence-corrected chi connectivity index (χ3v) is 6.80. The first kappa shape index (κ1) is 25.9. The molecule has 0 saturated carbocycles. The summed E-state index contributed by atoms with van der Waals surface area (Å²) in [6.07, 6.45) is 0.979. The number of anilines is 1. The molecular weight excluding hydrogens is 470 g/mol. The molecule has 0 bridgehead atoms. The molecule has 0 aliphatic rings. The largest absolute Gasteiger partial charge is 0.491 e. The zero-order valence-corrected chi connectivity index (χ0v) is 20.7. The first-order valence-corrected chi connectivity index (χ1v) is 12.2. The molecule has 0 aliphatic heterocycles. The van der Waals surface area contributed by atoms with E-state index in [1.165, 1.54) is 23.5 Å². The average Bonchev–Trinajstić information content (AvgIpc) is 2.79. The first-order chi connectivity index (χ1) is 16.5. The predicted octanol–water partition coefficient (Wildman–Crippen LogP) is 3.95. The monoisotopic (exact) mass is 497 g/mol. The van der Waals surface area contributed by atoms with E-state index in [0.29, 0.717) is 11.3 Å². The maximum Gasteiger partial charge on any atom is 0.337 e. The van der Waals surface area contributed by atoms with Crippen LogP contribution in [-0.4, -0.2) is 47.8 Å². The molecule has 0 unspecified atom stereocenters. The van der Waals surface area contributed by atoms with Gasteiger partial charge < -0.3 is 15.2 Å². The van der Waals surface area contributed by atoms with E-state index in [0.717, 1.165) is 11.8 Å². The molecule has 1 heterocycles. The van der Waals surface area contributed by atoms with Crippen LogP contribution in [0.1, 0.15) is 45.7 Å². The molecule has 3 aromatic rings. The Labute approximate surface area is 204 Å². The minimum atomic E-state index is -3.75. The van der Waals surface area contributed by atoms with Gasteiger partial charge in [0.15, 0.2) is 0 Å². The maximum atomic E-state index is 13.0. The van der Waals surface area contributed by atoms with Crippen molar-refractivity contribution in [2.24, 2.45) is 0 Å². The Morgan fingerprint density at radius 3 is 2.31 bits per heavy atom. The van der Waals surface area contributed by atoms with Crippen molar-refractivity contribution >= 4 is 27.7 Å². The molecule has 3 rings (SSSR count). The van der Waals surface area contributed by atoms with Crippen molar-refractivity contribution in [2.75, 3.05) is 12.4 Å². The number of benzene rings is 2. The molecule has 0 radical (unpaired) electrons. The van der Waals surface area contributed by atoms with Crippen LogP contribution in [0.4, 0.5) is 5.82 Å². The minimum Gasteiger partial charge on any atom is -0.491 e. The van der Waals surface area contributed by atoms with E-state index >= 15 is 0 Å². The number of sulfonamides is 1. The molecule has 2 N–H and O–H groups in total. The van der Waals surface area contributed by atoms with Crippen LogP contribution in [0, 0.1) is 6.92 Å². The van der Waals surface area contributed by atoms with Crippen LogP contribution < -0.4 is 10.1 Å². The highest BCUT2D eigenvalue weighted by atomic mass is 32.2. The highest BCUT2D eigenvalue weighted by Crippen LogP contribution is 2.23. The van der Waals surface area contributed by atoms with Gasteiger partial charge in [0.05, 0.1) is 16.6 Å². The van der Waals surface area contributed by atoms with E-state index in [1.807, 2.05) is 20.8 Å². The Morgan fingerprint density at radius 1 is 1.06 bits per heavy atom. The van der Waals surface area contributed by atoms with Crippen molar-refractivity contribution in [2.45, 2.75) is 38.3 Å². The number of carboxylic acids is 1. The predicted molar refractivity (Wildman–Crippen MR) is 131 cm³/mol. The third-order valence-electron chi connectivity index (χ3n) is 4.99. The summed E-state index contributed by atoms with van der Waals surface area (Å²) >= 11 is 0. The zero-order chi connectivity index (χ0) is 25.8. The smallest absolute Gasteiger partial charge is 0.337 e. The van der Waals surface area contributed by atoms with Crippen LogP contribution in [-0.2, 0) is 16.6 Å². The van der Waals surface area contributed by atoms with Gasteiger partial charge in [-0.2, -0.15) is 4.31 Å². The van der Waals surface area contributed by atoms with Crippen molar-refractivity contribution in [1.82, 2.24) is 9.29 Å². The lowest BCUT2D eigenvalue weighted by atomic mass is 10.1. The van der Waals surface area contributed by atoms with Gasteiger partial charge in [-0.15, -0.1) is 0 Å². The number of carboxylic acid groups (broad SMARTS) is 1. The highest BCUT2D eigenvalue weighted by Gasteiger charge is 2.22. The molecular formula is C25H27N3O6S. The molecule has 0 fully saturated rings. The Morgan fingerprint density at radius 2 is 1.74 bits per heavy atom. The van der Waals surface area contributed by atoms with Crippen LogP contribution in [0.5, 0.6) is 5.75 Å². The highest BCUT2D eigenvalue weighted by molar-refractivity contribution is 7.89. The molecule has 2 aromatic carbocycles. The van der Waals surface area contributed by atoms with Gasteiger partial charge in [-0.3, -0.25) is 4.79 Å². The Kier molecular flexibility index (Phi) is 7.88. The lowest BCUT2D eigenvalue weighted by Gasteiger charge is -2.19. The van der Waals surface area contributed by atoms with E-state index in [4.69, 9.17) is 9.84 Å². The first-order valence-electron chi connectivity index (χ1n) is 10.8. The summed E-state index contributed by atoms with van der Waals surface area (Å²) in [4.78, 5) is 28.0. The summed E-state index contributed by atoms with van der Waals surface area (Å²) in [5, 5.41) is 11.6. The second kappa shape index (κ2) is 10.7. The van der Waals surface area contributed by atoms with E-state index in [2.05, 4.69) is 10.3 Å². The number of hydrogen-bond acceptors (Lipinski definition) is 6. The third kappa shape index (κ3) is 6.65. The molecule has 0 saturated heterocycles. The zero-order valence-electron chi connectivity index (χ0n) is 19.8. The van der Waals surface area contributed by atoms with Gasteiger partial charge >= 0.3 is 5.97 Å². The van der Waals surface area contributed by atoms with Crippen molar-refractivity contribution in [3.63, 3.8) is 0 Å². The molecule has 35 heavy (non-hydrogen) atoms. The number of carbonyl (C=O) groups excluding carboxylic acids is 1. The number of nitrogens with zero attached hydrogens (tertiary/aromatic N) is 2. The maximum absolute atomic E-state index is 13.0. The van der Waals surface area contributed by atoms with Crippen LogP contribution in [0.15, 0.2) is 65.7 Å². The van der Waals surface area contributed by atoms with E-state index in [1.54, 1.807) is 42.5 Å². The molecule has 9 nitrogen and oxygen atoms in total. The molecule has 10 heteroatoms. The summed E-state index contributed by atoms with van der Waals surface area (Å²) in [6, 6.07) is 14.1. The summed E-state index contributed by atoms with van der Waals surface area (Å²) in [5.74, 6) is -1.03. The van der Waals surface area contributed by atoms with Gasteiger partial charge in [0.2, 0.25) is 10.0 Å². The molecule has 0 atom stereocenters.